The predicted molar refractivity (Wildman–Crippen MR) is 51.4 cm³/mol. The summed E-state index contributed by atoms with van der Waals surface area (Å²) in [4.78, 5) is 3.72. The standard InChI is InChI=1S/C6H16N6O/c7-5(8)11-1-3-13-4-2-12-6(9)10/h1-4H2,(H4,7,8,11)(H4,9,10,12). The lowest BCUT2D eigenvalue weighted by atomic mass is 10.6. The van der Waals surface area contributed by atoms with Gasteiger partial charge in [-0.15, -0.1) is 0 Å². The average molecular weight is 188 g/mol. The second-order valence-electron chi connectivity index (χ2n) is 2.26. The molecule has 0 rings (SSSR count). The summed E-state index contributed by atoms with van der Waals surface area (Å²) in [6.07, 6.45) is 0. The van der Waals surface area contributed by atoms with Crippen molar-refractivity contribution in [1.82, 2.24) is 5.32 Å². The minimum absolute atomic E-state index is 0.0606. The number of nitrogens with zero attached hydrogens (tertiary/aromatic N) is 1. The molecule has 0 saturated heterocycles. The third kappa shape index (κ3) is 10.5. The molecule has 0 saturated carbocycles. The Morgan fingerprint density at radius 3 is 2.54 bits per heavy atom. The van der Waals surface area contributed by atoms with Crippen LogP contribution >= 0.6 is 0 Å². The Kier molecular flexibility index (Phi) is 6.34. The molecule has 0 atom stereocenters. The minimum atomic E-state index is -0.0622. The van der Waals surface area contributed by atoms with Gasteiger partial charge in [0.1, 0.15) is 0 Å². The smallest absolute Gasteiger partial charge is 0.185 e. The highest BCUT2D eigenvalue weighted by molar-refractivity contribution is 5.75. The molecule has 0 aromatic rings. The van der Waals surface area contributed by atoms with Crippen molar-refractivity contribution < 1.29 is 4.74 Å². The van der Waals surface area contributed by atoms with Gasteiger partial charge in [0.05, 0.1) is 19.8 Å². The third-order valence-corrected chi connectivity index (χ3v) is 1.09. The van der Waals surface area contributed by atoms with E-state index in [9.17, 15) is 0 Å². The number of aliphatic imine (C=N–C) groups is 1. The number of nitrogens with two attached hydrogens (primary N) is 3. The van der Waals surface area contributed by atoms with E-state index in [0.717, 1.165) is 0 Å². The van der Waals surface area contributed by atoms with Crippen LogP contribution in [0.5, 0.6) is 0 Å². The Bertz CT molecular complexity index is 176. The molecule has 0 fully saturated rings. The van der Waals surface area contributed by atoms with Gasteiger partial charge in [-0.3, -0.25) is 10.4 Å². The molecule has 0 heterocycles. The van der Waals surface area contributed by atoms with Crippen LogP contribution in [-0.2, 0) is 4.74 Å². The summed E-state index contributed by atoms with van der Waals surface area (Å²) in [5.41, 5.74) is 15.2. The topological polar surface area (TPSA) is 136 Å². The lowest BCUT2D eigenvalue weighted by Crippen LogP contribution is -2.33. The average Bonchev–Trinajstić information content (AvgIpc) is 2.01. The van der Waals surface area contributed by atoms with E-state index in [1.165, 1.54) is 0 Å². The first-order valence-electron chi connectivity index (χ1n) is 3.84. The molecule has 13 heavy (non-hydrogen) atoms. The zero-order chi connectivity index (χ0) is 10.1. The van der Waals surface area contributed by atoms with Gasteiger partial charge in [0.25, 0.3) is 0 Å². The molecule has 0 unspecified atom stereocenters. The normalized spacial score (nSPS) is 9.23. The van der Waals surface area contributed by atoms with E-state index in [4.69, 9.17) is 27.3 Å². The van der Waals surface area contributed by atoms with Crippen molar-refractivity contribution in [1.29, 1.82) is 5.41 Å². The molecule has 0 radical (unpaired) electrons. The van der Waals surface area contributed by atoms with E-state index >= 15 is 0 Å². The van der Waals surface area contributed by atoms with Crippen molar-refractivity contribution in [3.63, 3.8) is 0 Å². The molecule has 0 aliphatic rings. The van der Waals surface area contributed by atoms with Crippen molar-refractivity contribution in [2.75, 3.05) is 26.3 Å². The fourth-order valence-electron chi connectivity index (χ4n) is 0.599. The van der Waals surface area contributed by atoms with Crippen LogP contribution in [0.1, 0.15) is 0 Å². The van der Waals surface area contributed by atoms with Crippen LogP contribution < -0.4 is 22.5 Å². The van der Waals surface area contributed by atoms with Gasteiger partial charge in [-0.05, 0) is 0 Å². The summed E-state index contributed by atoms with van der Waals surface area (Å²) in [7, 11) is 0. The van der Waals surface area contributed by atoms with E-state index in [-0.39, 0.29) is 11.9 Å². The molecule has 0 spiro atoms. The van der Waals surface area contributed by atoms with Crippen molar-refractivity contribution in [2.24, 2.45) is 22.2 Å². The minimum Gasteiger partial charge on any atom is -0.378 e. The molecule has 7 nitrogen and oxygen atoms in total. The van der Waals surface area contributed by atoms with Gasteiger partial charge in [-0.1, -0.05) is 0 Å². The highest BCUT2D eigenvalue weighted by Crippen LogP contribution is 1.75. The summed E-state index contributed by atoms with van der Waals surface area (Å²) < 4.78 is 5.10. The van der Waals surface area contributed by atoms with E-state index < -0.39 is 0 Å². The fraction of sp³-hybridized carbons (Fsp3) is 0.667. The van der Waals surface area contributed by atoms with Crippen LogP contribution in [0.3, 0.4) is 0 Å². The second-order valence-corrected chi connectivity index (χ2v) is 2.26. The van der Waals surface area contributed by atoms with Gasteiger partial charge in [-0.2, -0.15) is 0 Å². The molecule has 76 valence electrons. The van der Waals surface area contributed by atoms with Gasteiger partial charge in [0, 0.05) is 6.54 Å². The second kappa shape index (κ2) is 7.17. The van der Waals surface area contributed by atoms with Crippen LogP contribution in [0.25, 0.3) is 0 Å². The summed E-state index contributed by atoms with van der Waals surface area (Å²) in [5, 5.41) is 9.42. The fourth-order valence-corrected chi connectivity index (χ4v) is 0.599. The highest BCUT2D eigenvalue weighted by Gasteiger charge is 1.88. The number of ether oxygens (including phenoxy) is 1. The molecule has 7 heteroatoms. The van der Waals surface area contributed by atoms with Crippen molar-refractivity contribution in [3.05, 3.63) is 0 Å². The molecular weight excluding hydrogens is 172 g/mol. The third-order valence-electron chi connectivity index (χ3n) is 1.09. The number of nitrogens with one attached hydrogen (secondary N) is 2. The van der Waals surface area contributed by atoms with E-state index in [1.807, 2.05) is 0 Å². The van der Waals surface area contributed by atoms with Crippen LogP contribution in [0.15, 0.2) is 4.99 Å². The lowest BCUT2D eigenvalue weighted by molar-refractivity contribution is 0.146. The first-order valence-corrected chi connectivity index (χ1v) is 3.84. The van der Waals surface area contributed by atoms with E-state index in [2.05, 4.69) is 10.3 Å². The number of guanidine groups is 2. The van der Waals surface area contributed by atoms with E-state index in [1.54, 1.807) is 0 Å². The molecule has 8 N–H and O–H groups in total. The first-order chi connectivity index (χ1) is 6.13. The maximum Gasteiger partial charge on any atom is 0.185 e. The quantitative estimate of drug-likeness (QED) is 0.182. The largest absolute Gasteiger partial charge is 0.378 e. The van der Waals surface area contributed by atoms with Crippen molar-refractivity contribution in [3.8, 4) is 0 Å². The summed E-state index contributed by atoms with van der Waals surface area (Å²) >= 11 is 0. The zero-order valence-electron chi connectivity index (χ0n) is 7.42. The molecule has 0 aliphatic carbocycles. The van der Waals surface area contributed by atoms with Gasteiger partial charge in [-0.25, -0.2) is 0 Å². The van der Waals surface area contributed by atoms with Gasteiger partial charge in [0.2, 0.25) is 0 Å². The van der Waals surface area contributed by atoms with Gasteiger partial charge in [0.15, 0.2) is 11.9 Å². The van der Waals surface area contributed by atoms with Crippen LogP contribution in [0.2, 0.25) is 0 Å². The monoisotopic (exact) mass is 188 g/mol. The molecule has 0 aromatic carbocycles. The van der Waals surface area contributed by atoms with Crippen molar-refractivity contribution >= 4 is 11.9 Å². The Balaban J connectivity index is 3.09. The summed E-state index contributed by atoms with van der Waals surface area (Å²) in [5.74, 6) is -0.00159. The van der Waals surface area contributed by atoms with Crippen LogP contribution in [0.4, 0.5) is 0 Å². The Morgan fingerprint density at radius 2 is 2.00 bits per heavy atom. The first kappa shape index (κ1) is 11.5. The molecule has 0 amide bonds. The Hall–Kier alpha value is -1.50. The predicted octanol–water partition coefficient (Wildman–Crippen LogP) is -2.24. The maximum absolute atomic E-state index is 6.82. The number of hydrogen-bond donors (Lipinski definition) is 5. The summed E-state index contributed by atoms with van der Waals surface area (Å²) in [6.45, 7) is 1.89. The number of hydrogen-bond acceptors (Lipinski definition) is 3. The molecule has 0 aliphatic heterocycles. The van der Waals surface area contributed by atoms with Crippen LogP contribution in [-0.4, -0.2) is 38.2 Å². The number of rotatable bonds is 6. The van der Waals surface area contributed by atoms with Crippen LogP contribution in [0, 0.1) is 5.41 Å². The van der Waals surface area contributed by atoms with Gasteiger partial charge < -0.3 is 27.3 Å². The maximum atomic E-state index is 6.82. The molecule has 0 aromatic heterocycles. The Labute approximate surface area is 76.8 Å². The highest BCUT2D eigenvalue weighted by atomic mass is 16.5. The zero-order valence-corrected chi connectivity index (χ0v) is 7.42. The van der Waals surface area contributed by atoms with Gasteiger partial charge >= 0.3 is 0 Å². The SMILES string of the molecule is N=C(N)NCCOCCN=C(N)N. The van der Waals surface area contributed by atoms with Crippen molar-refractivity contribution in [2.45, 2.75) is 0 Å². The molecule has 0 bridgehead atoms. The Morgan fingerprint density at radius 1 is 1.31 bits per heavy atom. The van der Waals surface area contributed by atoms with E-state index in [0.29, 0.717) is 26.3 Å². The summed E-state index contributed by atoms with van der Waals surface area (Å²) in [6, 6.07) is 0. The molecular formula is C6H16N6O. The lowest BCUT2D eigenvalue weighted by Gasteiger charge is -2.03.